The largest absolute Gasteiger partial charge is 0.399 e. The number of nitrogens with two attached hydrogens (primary N) is 1. The molecule has 2 rings (SSSR count). The molecule has 0 amide bonds. The molecular weight excluding hydrogens is 272 g/mol. The lowest BCUT2D eigenvalue weighted by atomic mass is 9.83. The first-order valence-electron chi connectivity index (χ1n) is 7.32. The van der Waals surface area contributed by atoms with Crippen molar-refractivity contribution >= 4 is 15.7 Å². The molecule has 1 aromatic carbocycles. The Bertz CT molecular complexity index is 569. The van der Waals surface area contributed by atoms with Gasteiger partial charge in [0.25, 0.3) is 0 Å². The van der Waals surface area contributed by atoms with Crippen LogP contribution in [0.5, 0.6) is 0 Å². The number of nitrogens with one attached hydrogen (secondary N) is 1. The summed E-state index contributed by atoms with van der Waals surface area (Å²) in [5.74, 6) is 0.444. The maximum Gasteiger partial charge on any atom is 0.241 e. The Hall–Kier alpha value is -1.07. The predicted molar refractivity (Wildman–Crippen MR) is 81.9 cm³/mol. The fraction of sp³-hybridized carbons (Fsp3) is 0.600. The van der Waals surface area contributed by atoms with E-state index in [9.17, 15) is 8.42 Å². The van der Waals surface area contributed by atoms with Gasteiger partial charge in [0.2, 0.25) is 10.0 Å². The van der Waals surface area contributed by atoms with Crippen molar-refractivity contribution in [2.45, 2.75) is 56.9 Å². The minimum atomic E-state index is -3.49. The van der Waals surface area contributed by atoms with E-state index in [1.807, 2.05) is 0 Å². The second-order valence-corrected chi connectivity index (χ2v) is 7.39. The van der Waals surface area contributed by atoms with E-state index in [0.29, 0.717) is 16.5 Å². The lowest BCUT2D eigenvalue weighted by Crippen LogP contribution is -2.42. The van der Waals surface area contributed by atoms with Crippen LogP contribution in [0.4, 0.5) is 5.69 Å². The lowest BCUT2D eigenvalue weighted by molar-refractivity contribution is 0.282. The van der Waals surface area contributed by atoms with Gasteiger partial charge in [0.05, 0.1) is 4.90 Å². The molecule has 1 fully saturated rings. The fourth-order valence-electron chi connectivity index (χ4n) is 3.02. The number of hydrogen-bond donors (Lipinski definition) is 2. The van der Waals surface area contributed by atoms with E-state index in [4.69, 9.17) is 5.73 Å². The van der Waals surface area contributed by atoms with Gasteiger partial charge in [-0.1, -0.05) is 32.3 Å². The van der Waals surface area contributed by atoms with Crippen LogP contribution in [0.25, 0.3) is 0 Å². The quantitative estimate of drug-likeness (QED) is 0.839. The van der Waals surface area contributed by atoms with E-state index in [2.05, 4.69) is 11.6 Å². The number of benzene rings is 1. The number of rotatable bonds is 4. The van der Waals surface area contributed by atoms with Gasteiger partial charge < -0.3 is 5.73 Å². The van der Waals surface area contributed by atoms with Crippen LogP contribution in [-0.4, -0.2) is 14.5 Å². The summed E-state index contributed by atoms with van der Waals surface area (Å²) < 4.78 is 28.0. The Kier molecular flexibility index (Phi) is 4.70. The summed E-state index contributed by atoms with van der Waals surface area (Å²) in [5.41, 5.74) is 6.93. The third-order valence-corrected chi connectivity index (χ3v) is 5.87. The molecule has 20 heavy (non-hydrogen) atoms. The topological polar surface area (TPSA) is 72.2 Å². The highest BCUT2D eigenvalue weighted by Crippen LogP contribution is 2.28. The van der Waals surface area contributed by atoms with Gasteiger partial charge in [-0.3, -0.25) is 0 Å². The van der Waals surface area contributed by atoms with Gasteiger partial charge in [0.15, 0.2) is 0 Å². The average Bonchev–Trinajstić information content (AvgIpc) is 2.41. The van der Waals surface area contributed by atoms with Gasteiger partial charge in [-0.2, -0.15) is 0 Å². The maximum atomic E-state index is 12.6. The number of sulfonamides is 1. The van der Waals surface area contributed by atoms with Crippen molar-refractivity contribution in [2.24, 2.45) is 5.92 Å². The molecule has 2 unspecified atom stereocenters. The third-order valence-electron chi connectivity index (χ3n) is 4.24. The highest BCUT2D eigenvalue weighted by molar-refractivity contribution is 7.89. The minimum Gasteiger partial charge on any atom is -0.399 e. The molecule has 1 aliphatic carbocycles. The Morgan fingerprint density at radius 2 is 2.00 bits per heavy atom. The van der Waals surface area contributed by atoms with E-state index < -0.39 is 10.0 Å². The first kappa shape index (κ1) is 15.3. The van der Waals surface area contributed by atoms with Gasteiger partial charge >= 0.3 is 0 Å². The van der Waals surface area contributed by atoms with Crippen molar-refractivity contribution in [3.05, 3.63) is 23.8 Å². The van der Waals surface area contributed by atoms with Crippen LogP contribution in [0.3, 0.4) is 0 Å². The van der Waals surface area contributed by atoms with Crippen LogP contribution in [-0.2, 0) is 10.0 Å². The summed E-state index contributed by atoms with van der Waals surface area (Å²) in [5, 5.41) is 0. The van der Waals surface area contributed by atoms with Crippen molar-refractivity contribution in [1.82, 2.24) is 4.72 Å². The third kappa shape index (κ3) is 3.33. The van der Waals surface area contributed by atoms with E-state index in [-0.39, 0.29) is 6.04 Å². The lowest BCUT2D eigenvalue weighted by Gasteiger charge is -2.31. The first-order chi connectivity index (χ1) is 9.44. The van der Waals surface area contributed by atoms with Crippen molar-refractivity contribution in [2.75, 3.05) is 5.73 Å². The van der Waals surface area contributed by atoms with Crippen LogP contribution < -0.4 is 10.5 Å². The van der Waals surface area contributed by atoms with Crippen molar-refractivity contribution in [3.8, 4) is 0 Å². The molecule has 0 spiro atoms. The maximum absolute atomic E-state index is 12.6. The molecule has 0 heterocycles. The highest BCUT2D eigenvalue weighted by Gasteiger charge is 2.29. The fourth-order valence-corrected chi connectivity index (χ4v) is 4.64. The zero-order valence-corrected chi connectivity index (χ0v) is 13.0. The summed E-state index contributed by atoms with van der Waals surface area (Å²) in [6.45, 7) is 3.93. The molecule has 1 aliphatic rings. The summed E-state index contributed by atoms with van der Waals surface area (Å²) in [7, 11) is -3.49. The molecule has 0 aromatic heterocycles. The molecule has 5 heteroatoms. The Labute approximate surface area is 121 Å². The number of aryl methyl sites for hydroxylation is 1. The van der Waals surface area contributed by atoms with Gasteiger partial charge in [0, 0.05) is 11.7 Å². The summed E-state index contributed by atoms with van der Waals surface area (Å²) >= 11 is 0. The number of nitrogen functional groups attached to an aromatic ring is 1. The monoisotopic (exact) mass is 296 g/mol. The van der Waals surface area contributed by atoms with Gasteiger partial charge in [-0.05, 0) is 43.4 Å². The summed E-state index contributed by atoms with van der Waals surface area (Å²) in [4.78, 5) is 0.304. The standard InChI is InChI=1S/C15H24N2O2S/c1-3-12-6-4-5-7-14(12)17-20(18,19)15-10-13(16)9-8-11(15)2/h8-10,12,14,17H,3-7,16H2,1-2H3. The Morgan fingerprint density at radius 1 is 1.30 bits per heavy atom. The predicted octanol–water partition coefficient (Wildman–Crippen LogP) is 2.82. The Morgan fingerprint density at radius 3 is 2.70 bits per heavy atom. The molecule has 1 aromatic rings. The molecule has 0 saturated heterocycles. The van der Waals surface area contributed by atoms with Gasteiger partial charge in [-0.15, -0.1) is 0 Å². The van der Waals surface area contributed by atoms with Gasteiger partial charge in [0.1, 0.15) is 0 Å². The van der Waals surface area contributed by atoms with Crippen LogP contribution in [0.1, 0.15) is 44.6 Å². The smallest absolute Gasteiger partial charge is 0.241 e. The number of hydrogen-bond acceptors (Lipinski definition) is 3. The van der Waals surface area contributed by atoms with Crippen LogP contribution in [0, 0.1) is 12.8 Å². The molecule has 4 nitrogen and oxygen atoms in total. The zero-order chi connectivity index (χ0) is 14.8. The molecule has 1 saturated carbocycles. The first-order valence-corrected chi connectivity index (χ1v) is 8.81. The van der Waals surface area contributed by atoms with Crippen molar-refractivity contribution < 1.29 is 8.42 Å². The van der Waals surface area contributed by atoms with E-state index in [1.54, 1.807) is 25.1 Å². The second kappa shape index (κ2) is 6.14. The van der Waals surface area contributed by atoms with E-state index >= 15 is 0 Å². The van der Waals surface area contributed by atoms with Crippen molar-refractivity contribution in [1.29, 1.82) is 0 Å². The van der Waals surface area contributed by atoms with E-state index in [0.717, 1.165) is 31.2 Å². The average molecular weight is 296 g/mol. The normalized spacial score (nSPS) is 23.7. The SMILES string of the molecule is CCC1CCCCC1NS(=O)(=O)c1cc(N)ccc1C. The van der Waals surface area contributed by atoms with Crippen molar-refractivity contribution in [3.63, 3.8) is 0 Å². The minimum absolute atomic E-state index is 0.0552. The molecular formula is C15H24N2O2S. The van der Waals surface area contributed by atoms with Gasteiger partial charge in [-0.25, -0.2) is 13.1 Å². The molecule has 0 aliphatic heterocycles. The van der Waals surface area contributed by atoms with Crippen LogP contribution >= 0.6 is 0 Å². The summed E-state index contributed by atoms with van der Waals surface area (Å²) in [6, 6.07) is 5.08. The van der Waals surface area contributed by atoms with Crippen LogP contribution in [0.2, 0.25) is 0 Å². The van der Waals surface area contributed by atoms with Crippen LogP contribution in [0.15, 0.2) is 23.1 Å². The second-order valence-electron chi connectivity index (χ2n) is 5.71. The molecule has 112 valence electrons. The molecule has 0 bridgehead atoms. The highest BCUT2D eigenvalue weighted by atomic mass is 32.2. The zero-order valence-electron chi connectivity index (χ0n) is 12.2. The molecule has 0 radical (unpaired) electrons. The molecule has 2 atom stereocenters. The number of anilines is 1. The summed E-state index contributed by atoms with van der Waals surface area (Å²) in [6.07, 6.45) is 5.36. The van der Waals surface area contributed by atoms with E-state index in [1.165, 1.54) is 6.42 Å². The molecule has 3 N–H and O–H groups in total. The Balaban J connectivity index is 2.24.